The van der Waals surface area contributed by atoms with Crippen molar-refractivity contribution in [3.05, 3.63) is 187 Å². The molecule has 2 spiro atoms. The number of hydrogen-bond acceptors (Lipinski definition) is 2. The van der Waals surface area contributed by atoms with Crippen molar-refractivity contribution in [3.63, 3.8) is 0 Å². The van der Waals surface area contributed by atoms with Gasteiger partial charge in [-0.3, -0.25) is 0 Å². The van der Waals surface area contributed by atoms with Crippen LogP contribution in [-0.2, 0) is 5.41 Å². The van der Waals surface area contributed by atoms with Crippen molar-refractivity contribution in [1.29, 1.82) is 0 Å². The summed E-state index contributed by atoms with van der Waals surface area (Å²) in [5, 5.41) is 5.50. The van der Waals surface area contributed by atoms with E-state index in [9.17, 15) is 0 Å². The van der Waals surface area contributed by atoms with Crippen LogP contribution in [0.25, 0.3) is 64.3 Å². The zero-order valence-electron chi connectivity index (χ0n) is 35.6. The molecule has 5 fully saturated rings. The summed E-state index contributed by atoms with van der Waals surface area (Å²) in [4.78, 5) is 2.61. The van der Waals surface area contributed by atoms with Crippen LogP contribution in [0.1, 0.15) is 74.0 Å². The molecule has 1 heterocycles. The molecule has 304 valence electrons. The van der Waals surface area contributed by atoms with Crippen LogP contribution in [0, 0.1) is 29.1 Å². The minimum atomic E-state index is 0.150. The molecule has 5 saturated carbocycles. The third-order valence-electron chi connectivity index (χ3n) is 18.0. The van der Waals surface area contributed by atoms with Gasteiger partial charge < -0.3 is 4.90 Å². The first-order valence-corrected chi connectivity index (χ1v) is 24.7. The second-order valence-corrected chi connectivity index (χ2v) is 21.2. The van der Waals surface area contributed by atoms with Crippen molar-refractivity contribution >= 4 is 59.3 Å². The van der Waals surface area contributed by atoms with Crippen LogP contribution in [0.4, 0.5) is 17.1 Å². The molecule has 0 saturated heterocycles. The Kier molecular flexibility index (Phi) is 7.23. The minimum Gasteiger partial charge on any atom is -0.310 e. The molecule has 4 atom stereocenters. The maximum Gasteiger partial charge on any atom is 0.0540 e. The van der Waals surface area contributed by atoms with Gasteiger partial charge in [0.1, 0.15) is 0 Å². The predicted octanol–water partition coefficient (Wildman–Crippen LogP) is 17.0. The topological polar surface area (TPSA) is 3.24 Å². The lowest BCUT2D eigenvalue weighted by Gasteiger charge is -2.92. The maximum absolute atomic E-state index is 2.67. The van der Waals surface area contributed by atoms with Gasteiger partial charge in [0.2, 0.25) is 0 Å². The van der Waals surface area contributed by atoms with Gasteiger partial charge in [0.15, 0.2) is 0 Å². The smallest absolute Gasteiger partial charge is 0.0540 e. The van der Waals surface area contributed by atoms with E-state index in [0.29, 0.717) is 11.3 Å². The third-order valence-corrected chi connectivity index (χ3v) is 19.1. The number of anilines is 3. The standard InChI is InChI=1S/C61H49NS/c1-2-13-37(14-3-1)44-20-10-15-39-16-11-22-49(58(39)44)48-18-5-8-24-53(48)62(42-29-27-38(28-30-42)45-21-12-26-55-59(45)50-19-6-9-25-54(50)63-55)43-31-32-47-46-17-4-7-23-51(46)61(52(47)36-43)56-34-40-33-41-35-57(61)60(40,41)56/h4-12,15-32,36-37,40-41,56-57H,1-3,13-14,33-35H2. The highest BCUT2D eigenvalue weighted by Crippen LogP contribution is 2.94. The highest BCUT2D eigenvalue weighted by Gasteiger charge is 2.90. The Balaban J connectivity index is 0.934. The first-order chi connectivity index (χ1) is 31.2. The number of nitrogens with zero attached hydrogens (tertiary/aromatic N) is 1. The number of rotatable bonds is 6. The van der Waals surface area contributed by atoms with E-state index < -0.39 is 0 Å². The molecular formula is C61H49NS. The van der Waals surface area contributed by atoms with Crippen LogP contribution < -0.4 is 4.90 Å². The van der Waals surface area contributed by atoms with Crippen molar-refractivity contribution < 1.29 is 0 Å². The molecule has 0 radical (unpaired) electrons. The van der Waals surface area contributed by atoms with E-state index in [1.54, 1.807) is 11.1 Å². The van der Waals surface area contributed by atoms with Crippen LogP contribution >= 0.6 is 11.3 Å². The Hall–Kier alpha value is -5.96. The van der Waals surface area contributed by atoms with Gasteiger partial charge in [0, 0.05) is 42.5 Å². The lowest BCUT2D eigenvalue weighted by molar-refractivity contribution is -0.412. The van der Waals surface area contributed by atoms with E-state index in [2.05, 4.69) is 175 Å². The van der Waals surface area contributed by atoms with Crippen molar-refractivity contribution in [2.24, 2.45) is 29.1 Å². The number of hydrogen-bond donors (Lipinski definition) is 0. The first kappa shape index (κ1) is 35.5. The Bertz CT molecular complexity index is 3340. The normalized spacial score (nSPS) is 26.0. The van der Waals surface area contributed by atoms with Gasteiger partial charge in [-0.25, -0.2) is 0 Å². The van der Waals surface area contributed by atoms with E-state index in [-0.39, 0.29) is 5.41 Å². The van der Waals surface area contributed by atoms with Crippen molar-refractivity contribution in [2.45, 2.75) is 62.7 Å². The van der Waals surface area contributed by atoms with Crippen LogP contribution in [0.5, 0.6) is 0 Å². The van der Waals surface area contributed by atoms with E-state index >= 15 is 0 Å². The second-order valence-electron chi connectivity index (χ2n) is 20.1. The van der Waals surface area contributed by atoms with Gasteiger partial charge in [-0.15, -0.1) is 11.3 Å². The molecule has 2 heteroatoms. The predicted molar refractivity (Wildman–Crippen MR) is 265 cm³/mol. The summed E-state index contributed by atoms with van der Waals surface area (Å²) in [6.07, 6.45) is 10.9. The monoisotopic (exact) mass is 827 g/mol. The molecule has 8 aromatic carbocycles. The van der Waals surface area contributed by atoms with Crippen LogP contribution in [0.15, 0.2) is 170 Å². The summed E-state index contributed by atoms with van der Waals surface area (Å²) < 4.78 is 2.69. The van der Waals surface area contributed by atoms with Crippen LogP contribution in [-0.4, -0.2) is 0 Å². The van der Waals surface area contributed by atoms with Crippen LogP contribution in [0.3, 0.4) is 0 Å². The summed E-state index contributed by atoms with van der Waals surface area (Å²) in [6, 6.07) is 65.8. The van der Waals surface area contributed by atoms with Crippen molar-refractivity contribution in [3.8, 4) is 33.4 Å². The van der Waals surface area contributed by atoms with Gasteiger partial charge in [0.25, 0.3) is 0 Å². The van der Waals surface area contributed by atoms with Crippen LogP contribution in [0.2, 0.25) is 0 Å². The third kappa shape index (κ3) is 4.44. The lowest BCUT2D eigenvalue weighted by Crippen LogP contribution is -2.88. The summed E-state index contributed by atoms with van der Waals surface area (Å²) in [5.41, 5.74) is 17.4. The van der Waals surface area contributed by atoms with Gasteiger partial charge in [0.05, 0.1) is 5.69 Å². The van der Waals surface area contributed by atoms with E-state index in [1.165, 1.54) is 138 Å². The van der Waals surface area contributed by atoms with Gasteiger partial charge in [-0.1, -0.05) is 147 Å². The number of para-hydroxylation sites is 1. The maximum atomic E-state index is 2.67. The summed E-state index contributed by atoms with van der Waals surface area (Å²) in [7, 11) is 0. The SMILES string of the molecule is c1ccc(N(c2ccc(-c3cccc4sc5ccccc5c34)cc2)c2ccc3c(c2)C2(c4ccccc4-3)C3CC4CC5CC2C453)c(-c2cccc3cccc(C4CCCCC4)c23)c1. The first-order valence-electron chi connectivity index (χ1n) is 23.9. The van der Waals surface area contributed by atoms with E-state index in [1.807, 2.05) is 11.3 Å². The summed E-state index contributed by atoms with van der Waals surface area (Å²) in [6.45, 7) is 0. The molecule has 1 aromatic heterocycles. The van der Waals surface area contributed by atoms with Crippen molar-refractivity contribution in [2.75, 3.05) is 4.90 Å². The van der Waals surface area contributed by atoms with E-state index in [0.717, 1.165) is 23.7 Å². The molecular weight excluding hydrogens is 779 g/mol. The Labute approximate surface area is 374 Å². The molecule has 6 aliphatic rings. The van der Waals surface area contributed by atoms with E-state index in [4.69, 9.17) is 0 Å². The largest absolute Gasteiger partial charge is 0.310 e. The lowest BCUT2D eigenvalue weighted by atomic mass is 9.11. The molecule has 0 bridgehead atoms. The number of fused-ring (bicyclic) bond motifs is 11. The molecule has 9 aromatic rings. The van der Waals surface area contributed by atoms with Gasteiger partial charge in [-0.05, 0) is 165 Å². The average Bonchev–Trinajstić information content (AvgIpc) is 3.85. The number of benzene rings is 8. The second kappa shape index (κ2) is 12.8. The Morgan fingerprint density at radius 3 is 1.98 bits per heavy atom. The molecule has 0 amide bonds. The Morgan fingerprint density at radius 1 is 0.476 bits per heavy atom. The number of thiophene rings is 1. The summed E-state index contributed by atoms with van der Waals surface area (Å²) in [5.74, 6) is 4.15. The molecule has 0 aliphatic heterocycles. The highest BCUT2D eigenvalue weighted by molar-refractivity contribution is 7.25. The van der Waals surface area contributed by atoms with Gasteiger partial charge in [-0.2, -0.15) is 0 Å². The quantitative estimate of drug-likeness (QED) is 0.161. The highest BCUT2D eigenvalue weighted by atomic mass is 32.1. The fraction of sp³-hybridized carbons (Fsp3) is 0.246. The van der Waals surface area contributed by atoms with Crippen molar-refractivity contribution in [1.82, 2.24) is 0 Å². The fourth-order valence-electron chi connectivity index (χ4n) is 15.6. The molecule has 4 unspecified atom stereocenters. The Morgan fingerprint density at radius 2 is 1.14 bits per heavy atom. The molecule has 6 aliphatic carbocycles. The summed E-state index contributed by atoms with van der Waals surface area (Å²) >= 11 is 1.90. The molecule has 63 heavy (non-hydrogen) atoms. The molecule has 15 rings (SSSR count). The molecule has 0 N–H and O–H groups in total. The van der Waals surface area contributed by atoms with Gasteiger partial charge >= 0.3 is 0 Å². The molecule has 1 nitrogen and oxygen atoms in total. The fourth-order valence-corrected chi connectivity index (χ4v) is 16.7. The zero-order chi connectivity index (χ0) is 41.0. The zero-order valence-corrected chi connectivity index (χ0v) is 36.4. The minimum absolute atomic E-state index is 0.150. The average molecular weight is 828 g/mol.